The van der Waals surface area contributed by atoms with E-state index in [0.717, 1.165) is 13.1 Å². The maximum atomic E-state index is 2.54. The van der Waals surface area contributed by atoms with Gasteiger partial charge in [0.2, 0.25) is 0 Å². The number of hydrogen-bond acceptors (Lipinski definition) is 2. The lowest BCUT2D eigenvalue weighted by atomic mass is 10.2. The topological polar surface area (TPSA) is 6.48 Å². The van der Waals surface area contributed by atoms with Crippen LogP contribution in [0.1, 0.15) is 27.7 Å². The van der Waals surface area contributed by atoms with Gasteiger partial charge in [-0.25, -0.2) is 0 Å². The van der Waals surface area contributed by atoms with E-state index in [4.69, 9.17) is 0 Å². The van der Waals surface area contributed by atoms with Crippen molar-refractivity contribution in [2.45, 2.75) is 27.7 Å². The lowest BCUT2D eigenvalue weighted by Gasteiger charge is -2.33. The van der Waals surface area contributed by atoms with E-state index in [-0.39, 0.29) is 0 Å². The van der Waals surface area contributed by atoms with Crippen molar-refractivity contribution in [3.8, 4) is 0 Å². The first-order valence-corrected chi connectivity index (χ1v) is 7.36. The molecule has 0 atom stereocenters. The molecule has 0 amide bonds. The van der Waals surface area contributed by atoms with Gasteiger partial charge in [0.15, 0.2) is 0 Å². The largest absolute Gasteiger partial charge is 0.297 e. The fourth-order valence-electron chi connectivity index (χ4n) is 2.12. The Morgan fingerprint density at radius 3 is 1.33 bits per heavy atom. The van der Waals surface area contributed by atoms with Crippen molar-refractivity contribution < 1.29 is 0 Å². The molecular formula is C16H30N2. The minimum absolute atomic E-state index is 0.674. The van der Waals surface area contributed by atoms with E-state index in [0.29, 0.717) is 11.8 Å². The summed E-state index contributed by atoms with van der Waals surface area (Å²) in [7, 11) is 0. The summed E-state index contributed by atoms with van der Waals surface area (Å²) in [5.41, 5.74) is 0. The molecule has 2 heteroatoms. The molecule has 104 valence electrons. The molecule has 0 bridgehead atoms. The van der Waals surface area contributed by atoms with E-state index in [2.05, 4.69) is 61.8 Å². The monoisotopic (exact) mass is 250 g/mol. The highest BCUT2D eigenvalue weighted by Crippen LogP contribution is 2.03. The van der Waals surface area contributed by atoms with Crippen LogP contribution < -0.4 is 0 Å². The van der Waals surface area contributed by atoms with Gasteiger partial charge in [-0.05, 0) is 11.8 Å². The summed E-state index contributed by atoms with van der Waals surface area (Å²) < 4.78 is 0. The first kappa shape index (κ1) is 15.5. The molecule has 1 fully saturated rings. The van der Waals surface area contributed by atoms with Crippen LogP contribution in [0.25, 0.3) is 0 Å². The molecule has 2 nitrogen and oxygen atoms in total. The van der Waals surface area contributed by atoms with Crippen LogP contribution in [0.4, 0.5) is 0 Å². The SMILES string of the molecule is CC(C)C=CCN1CCN(CC=CC(C)C)CC1. The smallest absolute Gasteiger partial charge is 0.0164 e. The molecular weight excluding hydrogens is 220 g/mol. The summed E-state index contributed by atoms with van der Waals surface area (Å²) in [6.45, 7) is 16.0. The van der Waals surface area contributed by atoms with Crippen LogP contribution in [0.15, 0.2) is 24.3 Å². The average Bonchev–Trinajstić information content (AvgIpc) is 2.30. The second-order valence-electron chi connectivity index (χ2n) is 5.95. The van der Waals surface area contributed by atoms with E-state index in [1.165, 1.54) is 26.2 Å². The van der Waals surface area contributed by atoms with Crippen molar-refractivity contribution in [3.05, 3.63) is 24.3 Å². The number of hydrogen-bond donors (Lipinski definition) is 0. The standard InChI is InChI=1S/C16H30N2/c1-15(2)7-5-9-17-11-13-18(14-12-17)10-6-8-16(3)4/h5-8,15-16H,9-14H2,1-4H3. The van der Waals surface area contributed by atoms with Crippen LogP contribution in [0.5, 0.6) is 0 Å². The van der Waals surface area contributed by atoms with E-state index in [1.54, 1.807) is 0 Å². The summed E-state index contributed by atoms with van der Waals surface area (Å²) in [6, 6.07) is 0. The predicted octanol–water partition coefficient (Wildman–Crippen LogP) is 3.03. The molecule has 0 aromatic heterocycles. The average molecular weight is 250 g/mol. The fourth-order valence-corrected chi connectivity index (χ4v) is 2.12. The summed E-state index contributed by atoms with van der Waals surface area (Å²) in [6.07, 6.45) is 9.24. The number of rotatable bonds is 6. The molecule has 1 saturated heterocycles. The first-order valence-electron chi connectivity index (χ1n) is 7.36. The molecule has 1 rings (SSSR count). The van der Waals surface area contributed by atoms with Crippen LogP contribution in [0.2, 0.25) is 0 Å². The molecule has 1 aliphatic heterocycles. The van der Waals surface area contributed by atoms with E-state index < -0.39 is 0 Å². The quantitative estimate of drug-likeness (QED) is 0.669. The summed E-state index contributed by atoms with van der Waals surface area (Å²) >= 11 is 0. The Bertz CT molecular complexity index is 230. The molecule has 0 N–H and O–H groups in total. The second kappa shape index (κ2) is 8.49. The lowest BCUT2D eigenvalue weighted by molar-refractivity contribution is 0.153. The number of nitrogens with zero attached hydrogens (tertiary/aromatic N) is 2. The zero-order valence-electron chi connectivity index (χ0n) is 12.6. The Kier molecular flexibility index (Phi) is 7.29. The van der Waals surface area contributed by atoms with Gasteiger partial charge in [0.25, 0.3) is 0 Å². The Morgan fingerprint density at radius 2 is 1.06 bits per heavy atom. The van der Waals surface area contributed by atoms with Crippen molar-refractivity contribution in [1.82, 2.24) is 9.80 Å². The van der Waals surface area contributed by atoms with Crippen LogP contribution in [-0.2, 0) is 0 Å². The van der Waals surface area contributed by atoms with Crippen molar-refractivity contribution in [2.75, 3.05) is 39.3 Å². The van der Waals surface area contributed by atoms with Crippen molar-refractivity contribution >= 4 is 0 Å². The molecule has 0 spiro atoms. The zero-order valence-corrected chi connectivity index (χ0v) is 12.6. The maximum absolute atomic E-state index is 2.54. The van der Waals surface area contributed by atoms with Crippen LogP contribution in [0.3, 0.4) is 0 Å². The lowest BCUT2D eigenvalue weighted by Crippen LogP contribution is -2.46. The fraction of sp³-hybridized carbons (Fsp3) is 0.750. The van der Waals surface area contributed by atoms with Crippen molar-refractivity contribution in [1.29, 1.82) is 0 Å². The van der Waals surface area contributed by atoms with Gasteiger partial charge < -0.3 is 0 Å². The van der Waals surface area contributed by atoms with Gasteiger partial charge in [0.05, 0.1) is 0 Å². The Balaban J connectivity index is 2.16. The molecule has 0 aromatic rings. The highest BCUT2D eigenvalue weighted by Gasteiger charge is 2.14. The van der Waals surface area contributed by atoms with Gasteiger partial charge in [-0.3, -0.25) is 9.80 Å². The summed E-state index contributed by atoms with van der Waals surface area (Å²) in [5, 5.41) is 0. The minimum atomic E-state index is 0.674. The van der Waals surface area contributed by atoms with Gasteiger partial charge in [-0.1, -0.05) is 52.0 Å². The molecule has 0 unspecified atom stereocenters. The first-order chi connectivity index (χ1) is 8.58. The van der Waals surface area contributed by atoms with Crippen LogP contribution in [-0.4, -0.2) is 49.1 Å². The zero-order chi connectivity index (χ0) is 13.4. The maximum Gasteiger partial charge on any atom is 0.0164 e. The molecule has 0 aliphatic carbocycles. The van der Waals surface area contributed by atoms with Crippen molar-refractivity contribution in [2.24, 2.45) is 11.8 Å². The second-order valence-corrected chi connectivity index (χ2v) is 5.95. The van der Waals surface area contributed by atoms with Crippen molar-refractivity contribution in [3.63, 3.8) is 0 Å². The Labute approximate surface area is 113 Å². The van der Waals surface area contributed by atoms with E-state index in [9.17, 15) is 0 Å². The van der Waals surface area contributed by atoms with E-state index in [1.807, 2.05) is 0 Å². The Morgan fingerprint density at radius 1 is 0.722 bits per heavy atom. The van der Waals surface area contributed by atoms with Crippen LogP contribution in [0, 0.1) is 11.8 Å². The third-order valence-corrected chi connectivity index (χ3v) is 3.23. The highest BCUT2D eigenvalue weighted by atomic mass is 15.3. The number of allylic oxidation sites excluding steroid dienone is 2. The minimum Gasteiger partial charge on any atom is -0.297 e. The molecule has 0 aromatic carbocycles. The third-order valence-electron chi connectivity index (χ3n) is 3.23. The number of piperazine rings is 1. The molecule has 1 heterocycles. The van der Waals surface area contributed by atoms with Crippen LogP contribution >= 0.6 is 0 Å². The van der Waals surface area contributed by atoms with Gasteiger partial charge in [0, 0.05) is 39.3 Å². The predicted molar refractivity (Wildman–Crippen MR) is 80.8 cm³/mol. The molecule has 1 aliphatic rings. The Hall–Kier alpha value is -0.600. The highest BCUT2D eigenvalue weighted by molar-refractivity contribution is 4.91. The summed E-state index contributed by atoms with van der Waals surface area (Å²) in [4.78, 5) is 5.09. The normalized spacial score (nSPS) is 19.9. The van der Waals surface area contributed by atoms with Gasteiger partial charge in [0.1, 0.15) is 0 Å². The molecule has 18 heavy (non-hydrogen) atoms. The van der Waals surface area contributed by atoms with Gasteiger partial charge in [-0.2, -0.15) is 0 Å². The van der Waals surface area contributed by atoms with E-state index >= 15 is 0 Å². The van der Waals surface area contributed by atoms with Gasteiger partial charge in [-0.15, -0.1) is 0 Å². The molecule has 0 saturated carbocycles. The third kappa shape index (κ3) is 6.97. The molecule has 0 radical (unpaired) electrons. The van der Waals surface area contributed by atoms with Gasteiger partial charge >= 0.3 is 0 Å². The summed E-state index contributed by atoms with van der Waals surface area (Å²) in [5.74, 6) is 1.35.